The van der Waals surface area contributed by atoms with Gasteiger partial charge in [-0.1, -0.05) is 24.3 Å². The first-order chi connectivity index (χ1) is 17.0. The predicted molar refractivity (Wildman–Crippen MR) is 120 cm³/mol. The zero-order chi connectivity index (χ0) is 26.0. The number of aromatic nitrogens is 1. The molecule has 0 radical (unpaired) electrons. The highest BCUT2D eigenvalue weighted by Gasteiger charge is 2.35. The summed E-state index contributed by atoms with van der Waals surface area (Å²) in [5.74, 6) is -1.89. The quantitative estimate of drug-likeness (QED) is 0.467. The van der Waals surface area contributed by atoms with Crippen molar-refractivity contribution in [2.24, 2.45) is 0 Å². The normalized spacial score (nSPS) is 15.7. The molecule has 1 aliphatic heterocycles. The lowest BCUT2D eigenvalue weighted by molar-refractivity contribution is -0.149. The molecule has 0 aliphatic carbocycles. The molecule has 2 aromatic carbocycles. The lowest BCUT2D eigenvalue weighted by Gasteiger charge is -2.15. The number of carboxylic acids is 1. The Morgan fingerprint density at radius 3 is 2.58 bits per heavy atom. The van der Waals surface area contributed by atoms with E-state index in [0.717, 1.165) is 6.07 Å². The third-order valence-corrected chi connectivity index (χ3v) is 5.51. The fraction of sp³-hybridized carbons (Fsp3) is 0.250. The molecule has 1 saturated heterocycles. The average molecular weight is 504 g/mol. The van der Waals surface area contributed by atoms with Gasteiger partial charge in [0, 0.05) is 22.3 Å². The maximum Gasteiger partial charge on any atom is 0.417 e. The third kappa shape index (κ3) is 5.32. The summed E-state index contributed by atoms with van der Waals surface area (Å²) in [5, 5.41) is 9.11. The maximum atomic E-state index is 13.4. The van der Waals surface area contributed by atoms with Gasteiger partial charge in [-0.2, -0.15) is 13.2 Å². The van der Waals surface area contributed by atoms with Gasteiger partial charge in [-0.05, 0) is 29.7 Å². The molecule has 188 valence electrons. The summed E-state index contributed by atoms with van der Waals surface area (Å²) in [4.78, 5) is 50.9. The van der Waals surface area contributed by atoms with E-state index in [-0.39, 0.29) is 42.6 Å². The Hall–Kier alpha value is -4.35. The maximum absolute atomic E-state index is 13.4. The summed E-state index contributed by atoms with van der Waals surface area (Å²) in [6.07, 6.45) is -6.86. The minimum Gasteiger partial charge on any atom is -0.481 e. The molecule has 0 spiro atoms. The van der Waals surface area contributed by atoms with Gasteiger partial charge in [0.2, 0.25) is 0 Å². The Kier molecular flexibility index (Phi) is 6.69. The number of fused-ring (bicyclic) bond motifs is 1. The van der Waals surface area contributed by atoms with Crippen LogP contribution < -0.4 is 10.5 Å². The fourth-order valence-electron chi connectivity index (χ4n) is 3.81. The van der Waals surface area contributed by atoms with E-state index in [1.807, 2.05) is 0 Å². The Morgan fingerprint density at radius 1 is 1.11 bits per heavy atom. The number of nitrogens with zero attached hydrogens (tertiary/aromatic N) is 1. The van der Waals surface area contributed by atoms with Crippen LogP contribution in [0, 0.1) is 0 Å². The average Bonchev–Trinajstić information content (AvgIpc) is 3.21. The number of aliphatic carboxylic acids is 1. The zero-order valence-electron chi connectivity index (χ0n) is 18.5. The number of rotatable bonds is 7. The summed E-state index contributed by atoms with van der Waals surface area (Å²) in [7, 11) is 0. The van der Waals surface area contributed by atoms with E-state index in [4.69, 9.17) is 14.6 Å². The van der Waals surface area contributed by atoms with Crippen molar-refractivity contribution in [1.29, 1.82) is 0 Å². The highest BCUT2D eigenvalue weighted by Crippen LogP contribution is 2.36. The van der Waals surface area contributed by atoms with Crippen molar-refractivity contribution >= 4 is 34.5 Å². The lowest BCUT2D eigenvalue weighted by atomic mass is 10.0. The number of hydrogen-bond acceptors (Lipinski definition) is 6. The summed E-state index contributed by atoms with van der Waals surface area (Å²) >= 11 is 0. The molecule has 1 unspecified atom stereocenters. The molecule has 0 saturated carbocycles. The molecule has 4 rings (SSSR count). The molecule has 2 N–H and O–H groups in total. The SMILES string of the molecule is O=C(O)CCC(=O)OCC1CN(c2ccc3cc(-c4ccccc4C(F)(F)F)[nH]c(=O)c3c2)C(=O)O1. The highest BCUT2D eigenvalue weighted by atomic mass is 19.4. The van der Waals surface area contributed by atoms with Gasteiger partial charge >= 0.3 is 24.2 Å². The summed E-state index contributed by atoms with van der Waals surface area (Å²) in [6, 6.07) is 10.8. The molecule has 1 fully saturated rings. The number of hydrogen-bond donors (Lipinski definition) is 2. The topological polar surface area (TPSA) is 126 Å². The standard InChI is InChI=1S/C24H19F3N2O7/c25-24(26,27)18-4-2-1-3-16(18)19-9-13-5-6-14(10-17(13)22(33)28-19)29-11-15(36-23(29)34)12-35-21(32)8-7-20(30)31/h1-6,9-10,15H,7-8,11-12H2,(H,28,33)(H,30,31). The number of halogens is 3. The van der Waals surface area contributed by atoms with Crippen molar-refractivity contribution < 1.29 is 42.1 Å². The number of anilines is 1. The zero-order valence-corrected chi connectivity index (χ0v) is 18.5. The van der Waals surface area contributed by atoms with E-state index in [0.29, 0.717) is 11.1 Å². The highest BCUT2D eigenvalue weighted by molar-refractivity contribution is 5.95. The molecule has 12 heteroatoms. The van der Waals surface area contributed by atoms with Gasteiger partial charge in [0.1, 0.15) is 6.61 Å². The van der Waals surface area contributed by atoms with Crippen molar-refractivity contribution in [2.45, 2.75) is 25.1 Å². The molecule has 1 amide bonds. The molecule has 1 aliphatic rings. The molecular formula is C24H19F3N2O7. The van der Waals surface area contributed by atoms with Crippen LogP contribution in [0.15, 0.2) is 53.3 Å². The van der Waals surface area contributed by atoms with Gasteiger partial charge in [0.05, 0.1) is 24.9 Å². The molecular weight excluding hydrogens is 485 g/mol. The van der Waals surface area contributed by atoms with Crippen LogP contribution in [0.3, 0.4) is 0 Å². The monoisotopic (exact) mass is 504 g/mol. The van der Waals surface area contributed by atoms with E-state index >= 15 is 0 Å². The summed E-state index contributed by atoms with van der Waals surface area (Å²) in [6.45, 7) is -0.262. The van der Waals surface area contributed by atoms with Crippen LogP contribution in [0.2, 0.25) is 0 Å². The van der Waals surface area contributed by atoms with E-state index in [1.54, 1.807) is 0 Å². The van der Waals surface area contributed by atoms with E-state index < -0.39 is 41.4 Å². The second kappa shape index (κ2) is 9.72. The van der Waals surface area contributed by atoms with E-state index in [9.17, 15) is 32.3 Å². The summed E-state index contributed by atoms with van der Waals surface area (Å²) in [5.41, 5.74) is -1.39. The number of benzene rings is 2. The largest absolute Gasteiger partial charge is 0.481 e. The minimum absolute atomic E-state index is 0.00136. The van der Waals surface area contributed by atoms with Gasteiger partial charge in [-0.15, -0.1) is 0 Å². The molecule has 2 heterocycles. The number of H-pyrrole nitrogens is 1. The fourth-order valence-corrected chi connectivity index (χ4v) is 3.81. The number of carboxylic acid groups (broad SMARTS) is 1. The first-order valence-electron chi connectivity index (χ1n) is 10.7. The molecule has 3 aromatic rings. The van der Waals surface area contributed by atoms with Gasteiger partial charge in [-0.3, -0.25) is 19.3 Å². The number of carbonyl (C=O) groups is 3. The molecule has 0 bridgehead atoms. The number of ether oxygens (including phenoxy) is 2. The van der Waals surface area contributed by atoms with E-state index in [1.165, 1.54) is 47.4 Å². The van der Waals surface area contributed by atoms with Crippen LogP contribution in [0.25, 0.3) is 22.0 Å². The number of aromatic amines is 1. The Bertz CT molecular complexity index is 1400. The van der Waals surface area contributed by atoms with Crippen molar-refractivity contribution in [3.63, 3.8) is 0 Å². The van der Waals surface area contributed by atoms with Crippen LogP contribution in [0.4, 0.5) is 23.7 Å². The Morgan fingerprint density at radius 2 is 1.86 bits per heavy atom. The first-order valence-corrected chi connectivity index (χ1v) is 10.7. The van der Waals surface area contributed by atoms with Crippen molar-refractivity contribution in [3.05, 3.63) is 64.4 Å². The second-order valence-corrected chi connectivity index (χ2v) is 8.02. The van der Waals surface area contributed by atoms with Crippen LogP contribution in [0.1, 0.15) is 18.4 Å². The number of carbonyl (C=O) groups excluding carboxylic acids is 2. The van der Waals surface area contributed by atoms with Crippen LogP contribution in [-0.2, 0) is 25.2 Å². The van der Waals surface area contributed by atoms with Crippen molar-refractivity contribution in [2.75, 3.05) is 18.1 Å². The Balaban J connectivity index is 1.54. The van der Waals surface area contributed by atoms with Crippen molar-refractivity contribution in [1.82, 2.24) is 4.98 Å². The first kappa shape index (κ1) is 24.8. The molecule has 9 nitrogen and oxygen atoms in total. The van der Waals surface area contributed by atoms with Crippen LogP contribution in [-0.4, -0.2) is 47.4 Å². The predicted octanol–water partition coefficient (Wildman–Crippen LogP) is 3.95. The number of nitrogens with one attached hydrogen (secondary N) is 1. The number of pyridine rings is 1. The van der Waals surface area contributed by atoms with Crippen LogP contribution in [0.5, 0.6) is 0 Å². The number of esters is 1. The summed E-state index contributed by atoms with van der Waals surface area (Å²) < 4.78 is 50.4. The lowest BCUT2D eigenvalue weighted by Crippen LogP contribution is -2.26. The number of cyclic esters (lactones) is 1. The second-order valence-electron chi connectivity index (χ2n) is 8.02. The Labute approximate surface area is 201 Å². The van der Waals surface area contributed by atoms with Crippen LogP contribution >= 0.6 is 0 Å². The van der Waals surface area contributed by atoms with Gasteiger partial charge < -0.3 is 19.6 Å². The number of amides is 1. The minimum atomic E-state index is -4.61. The van der Waals surface area contributed by atoms with E-state index in [2.05, 4.69) is 4.98 Å². The third-order valence-electron chi connectivity index (χ3n) is 5.51. The van der Waals surface area contributed by atoms with Crippen molar-refractivity contribution in [3.8, 4) is 11.3 Å². The molecule has 36 heavy (non-hydrogen) atoms. The van der Waals surface area contributed by atoms with Gasteiger partial charge in [0.15, 0.2) is 6.10 Å². The van der Waals surface area contributed by atoms with Gasteiger partial charge in [0.25, 0.3) is 5.56 Å². The van der Waals surface area contributed by atoms with Gasteiger partial charge in [-0.25, -0.2) is 4.79 Å². The molecule has 1 aromatic heterocycles. The number of alkyl halides is 3. The molecule has 1 atom stereocenters. The smallest absolute Gasteiger partial charge is 0.417 e.